The standard InChI is InChI=1S/C13H17N3O3S/c1-15-8-9-7-11(20(18,19)14-10-3-4-10)5-6-12(9)16(2)13(15)17/h5-7,10,14H,3-4,8H2,1-2H3. The van der Waals surface area contributed by atoms with Crippen molar-refractivity contribution in [3.05, 3.63) is 23.8 Å². The summed E-state index contributed by atoms with van der Waals surface area (Å²) in [6.07, 6.45) is 1.81. The summed E-state index contributed by atoms with van der Waals surface area (Å²) in [6, 6.07) is 4.90. The smallest absolute Gasteiger partial charge is 0.323 e. The summed E-state index contributed by atoms with van der Waals surface area (Å²) in [7, 11) is -0.0632. The summed E-state index contributed by atoms with van der Waals surface area (Å²) < 4.78 is 27.0. The third-order valence-corrected chi connectivity index (χ3v) is 5.16. The van der Waals surface area contributed by atoms with Crippen LogP contribution in [0.25, 0.3) is 0 Å². The first-order valence-electron chi connectivity index (χ1n) is 6.52. The monoisotopic (exact) mass is 295 g/mol. The van der Waals surface area contributed by atoms with Gasteiger partial charge in [-0.15, -0.1) is 0 Å². The Hall–Kier alpha value is -1.60. The zero-order valence-corrected chi connectivity index (χ0v) is 12.3. The van der Waals surface area contributed by atoms with Gasteiger partial charge in [0.05, 0.1) is 10.6 Å². The summed E-state index contributed by atoms with van der Waals surface area (Å²) in [6.45, 7) is 0.422. The molecule has 0 aromatic heterocycles. The molecular formula is C13H17N3O3S. The van der Waals surface area contributed by atoms with E-state index < -0.39 is 10.0 Å². The Kier molecular flexibility index (Phi) is 2.98. The molecule has 0 unspecified atom stereocenters. The quantitative estimate of drug-likeness (QED) is 0.908. The van der Waals surface area contributed by atoms with Crippen LogP contribution in [-0.4, -0.2) is 39.5 Å². The maximum atomic E-state index is 12.2. The van der Waals surface area contributed by atoms with Crippen molar-refractivity contribution in [2.24, 2.45) is 0 Å². The summed E-state index contributed by atoms with van der Waals surface area (Å²) in [5.41, 5.74) is 1.60. The fourth-order valence-corrected chi connectivity index (χ4v) is 3.71. The lowest BCUT2D eigenvalue weighted by atomic mass is 10.1. The Labute approximate surface area is 118 Å². The molecule has 1 N–H and O–H groups in total. The minimum Gasteiger partial charge on any atom is -0.323 e. The molecule has 6 nitrogen and oxygen atoms in total. The lowest BCUT2D eigenvalue weighted by Gasteiger charge is -2.32. The minimum atomic E-state index is -3.45. The molecule has 1 aliphatic carbocycles. The van der Waals surface area contributed by atoms with Crippen molar-refractivity contribution >= 4 is 21.7 Å². The molecule has 1 aromatic rings. The van der Waals surface area contributed by atoms with E-state index in [-0.39, 0.29) is 17.0 Å². The molecule has 0 bridgehead atoms. The minimum absolute atomic E-state index is 0.0861. The number of rotatable bonds is 3. The van der Waals surface area contributed by atoms with Crippen LogP contribution in [0.2, 0.25) is 0 Å². The van der Waals surface area contributed by atoms with Gasteiger partial charge in [0, 0.05) is 26.7 Å². The van der Waals surface area contributed by atoms with Crippen LogP contribution in [0.15, 0.2) is 23.1 Å². The maximum absolute atomic E-state index is 12.2. The molecule has 1 aliphatic heterocycles. The predicted molar refractivity (Wildman–Crippen MR) is 75.1 cm³/mol. The Bertz CT molecular complexity index is 667. The van der Waals surface area contributed by atoms with Gasteiger partial charge in [-0.05, 0) is 36.6 Å². The zero-order valence-electron chi connectivity index (χ0n) is 11.5. The highest BCUT2D eigenvalue weighted by molar-refractivity contribution is 7.89. The molecule has 0 saturated heterocycles. The number of carbonyl (C=O) groups is 1. The van der Waals surface area contributed by atoms with E-state index >= 15 is 0 Å². The predicted octanol–water partition coefficient (Wildman–Crippen LogP) is 1.13. The molecule has 1 saturated carbocycles. The number of amides is 2. The molecule has 1 aromatic carbocycles. The second-order valence-corrected chi connectivity index (χ2v) is 7.10. The number of hydrogen-bond acceptors (Lipinski definition) is 3. The number of hydrogen-bond donors (Lipinski definition) is 1. The van der Waals surface area contributed by atoms with Gasteiger partial charge >= 0.3 is 6.03 Å². The zero-order chi connectivity index (χ0) is 14.5. The Morgan fingerprint density at radius 3 is 2.60 bits per heavy atom. The number of nitrogens with one attached hydrogen (secondary N) is 1. The van der Waals surface area contributed by atoms with E-state index in [0.29, 0.717) is 6.54 Å². The average Bonchev–Trinajstić information content (AvgIpc) is 3.18. The van der Waals surface area contributed by atoms with Gasteiger partial charge < -0.3 is 4.90 Å². The van der Waals surface area contributed by atoms with Crippen molar-refractivity contribution in [3.63, 3.8) is 0 Å². The number of carbonyl (C=O) groups excluding carboxylic acids is 1. The second kappa shape index (κ2) is 4.46. The molecule has 1 fully saturated rings. The summed E-state index contributed by atoms with van der Waals surface area (Å²) >= 11 is 0. The van der Waals surface area contributed by atoms with Gasteiger partial charge in [-0.2, -0.15) is 0 Å². The number of fused-ring (bicyclic) bond motifs is 1. The number of urea groups is 1. The highest BCUT2D eigenvalue weighted by Crippen LogP contribution is 2.30. The maximum Gasteiger partial charge on any atom is 0.324 e. The summed E-state index contributed by atoms with van der Waals surface area (Å²) in [5.74, 6) is 0. The van der Waals surface area contributed by atoms with E-state index in [2.05, 4.69) is 4.72 Å². The molecule has 2 aliphatic rings. The highest BCUT2D eigenvalue weighted by Gasteiger charge is 2.30. The average molecular weight is 295 g/mol. The van der Waals surface area contributed by atoms with Gasteiger partial charge in [0.15, 0.2) is 0 Å². The van der Waals surface area contributed by atoms with Crippen LogP contribution in [0.5, 0.6) is 0 Å². The fraction of sp³-hybridized carbons (Fsp3) is 0.462. The summed E-state index contributed by atoms with van der Waals surface area (Å²) in [4.78, 5) is 15.2. The van der Waals surface area contributed by atoms with Gasteiger partial charge in [-0.1, -0.05) is 0 Å². The van der Waals surface area contributed by atoms with Crippen molar-refractivity contribution in [3.8, 4) is 0 Å². The van der Waals surface area contributed by atoms with Crippen LogP contribution < -0.4 is 9.62 Å². The first-order chi connectivity index (χ1) is 9.38. The number of sulfonamides is 1. The number of nitrogens with zero attached hydrogens (tertiary/aromatic N) is 2. The first kappa shape index (κ1) is 13.4. The third kappa shape index (κ3) is 2.27. The lowest BCUT2D eigenvalue weighted by molar-refractivity contribution is 0.212. The molecule has 1 heterocycles. The molecule has 3 rings (SSSR count). The molecule has 7 heteroatoms. The summed E-state index contributed by atoms with van der Waals surface area (Å²) in [5, 5.41) is 0. The van der Waals surface area contributed by atoms with E-state index in [9.17, 15) is 13.2 Å². The normalized spacial score (nSPS) is 19.2. The van der Waals surface area contributed by atoms with Gasteiger partial charge in [0.1, 0.15) is 0 Å². The van der Waals surface area contributed by atoms with Crippen LogP contribution in [0, 0.1) is 0 Å². The molecule has 2 amide bonds. The molecule has 0 spiro atoms. The third-order valence-electron chi connectivity index (χ3n) is 3.64. The van der Waals surface area contributed by atoms with E-state index in [1.165, 1.54) is 4.90 Å². The van der Waals surface area contributed by atoms with Crippen LogP contribution in [0.4, 0.5) is 10.5 Å². The van der Waals surface area contributed by atoms with Crippen molar-refractivity contribution in [2.45, 2.75) is 30.3 Å². The van der Waals surface area contributed by atoms with Crippen molar-refractivity contribution in [2.75, 3.05) is 19.0 Å². The van der Waals surface area contributed by atoms with Gasteiger partial charge in [-0.3, -0.25) is 4.90 Å². The van der Waals surface area contributed by atoms with Crippen LogP contribution >= 0.6 is 0 Å². The number of anilines is 1. The van der Waals surface area contributed by atoms with Gasteiger partial charge in [0.2, 0.25) is 10.0 Å². The van der Waals surface area contributed by atoms with Gasteiger partial charge in [-0.25, -0.2) is 17.9 Å². The van der Waals surface area contributed by atoms with E-state index in [4.69, 9.17) is 0 Å². The Morgan fingerprint density at radius 2 is 1.95 bits per heavy atom. The second-order valence-electron chi connectivity index (χ2n) is 5.38. The number of benzene rings is 1. The first-order valence-corrected chi connectivity index (χ1v) is 8.01. The Balaban J connectivity index is 1.97. The Morgan fingerprint density at radius 1 is 1.25 bits per heavy atom. The molecule has 20 heavy (non-hydrogen) atoms. The van der Waals surface area contributed by atoms with Crippen LogP contribution in [0.3, 0.4) is 0 Å². The fourth-order valence-electron chi connectivity index (χ4n) is 2.35. The van der Waals surface area contributed by atoms with E-state index in [1.807, 2.05) is 0 Å². The molecule has 108 valence electrons. The SMILES string of the molecule is CN1Cc2cc(S(=O)(=O)NC3CC3)ccc2N(C)C1=O. The van der Waals surface area contributed by atoms with Crippen LogP contribution in [0.1, 0.15) is 18.4 Å². The van der Waals surface area contributed by atoms with E-state index in [1.54, 1.807) is 37.2 Å². The largest absolute Gasteiger partial charge is 0.324 e. The van der Waals surface area contributed by atoms with Crippen molar-refractivity contribution in [1.82, 2.24) is 9.62 Å². The topological polar surface area (TPSA) is 69.7 Å². The van der Waals surface area contributed by atoms with E-state index in [0.717, 1.165) is 24.1 Å². The highest BCUT2D eigenvalue weighted by atomic mass is 32.2. The lowest BCUT2D eigenvalue weighted by Crippen LogP contribution is -2.42. The molecule has 0 atom stereocenters. The molecular weight excluding hydrogens is 278 g/mol. The molecule has 0 radical (unpaired) electrons. The van der Waals surface area contributed by atoms with Crippen molar-refractivity contribution < 1.29 is 13.2 Å². The van der Waals surface area contributed by atoms with Crippen LogP contribution in [-0.2, 0) is 16.6 Å². The van der Waals surface area contributed by atoms with Crippen molar-refractivity contribution in [1.29, 1.82) is 0 Å². The van der Waals surface area contributed by atoms with Gasteiger partial charge in [0.25, 0.3) is 0 Å².